The number of nitrogens with one attached hydrogen (secondary N) is 1. The molecule has 0 bridgehead atoms. The minimum atomic E-state index is -0.895. The molecule has 2 aromatic rings. The van der Waals surface area contributed by atoms with E-state index in [1.54, 1.807) is 19.1 Å². The van der Waals surface area contributed by atoms with Crippen molar-refractivity contribution >= 4 is 23.3 Å². The first-order chi connectivity index (χ1) is 13.4. The first kappa shape index (κ1) is 19.9. The van der Waals surface area contributed by atoms with Crippen molar-refractivity contribution in [2.75, 3.05) is 36.5 Å². The second kappa shape index (κ2) is 8.89. The van der Waals surface area contributed by atoms with Crippen molar-refractivity contribution in [2.24, 2.45) is 0 Å². The Morgan fingerprint density at radius 3 is 2.36 bits per heavy atom. The molecule has 3 rings (SSSR count). The highest BCUT2D eigenvalue weighted by atomic mass is 16.5. The number of nitrogens with zero attached hydrogens (tertiary/aromatic N) is 1. The van der Waals surface area contributed by atoms with Crippen LogP contribution < -0.4 is 10.2 Å². The Labute approximate surface area is 165 Å². The molecule has 0 aromatic heterocycles. The maximum Gasteiger partial charge on any atom is 0.338 e. The number of aryl methyl sites for hydroxylation is 2. The first-order valence-electron chi connectivity index (χ1n) is 9.46. The normalized spacial score (nSPS) is 15.0. The van der Waals surface area contributed by atoms with Crippen molar-refractivity contribution in [3.8, 4) is 0 Å². The van der Waals surface area contributed by atoms with E-state index >= 15 is 0 Å². The van der Waals surface area contributed by atoms with Crippen LogP contribution in [0.25, 0.3) is 0 Å². The van der Waals surface area contributed by atoms with Crippen molar-refractivity contribution in [2.45, 2.75) is 26.9 Å². The van der Waals surface area contributed by atoms with E-state index in [-0.39, 0.29) is 5.91 Å². The summed E-state index contributed by atoms with van der Waals surface area (Å²) in [6, 6.07) is 13.0. The fourth-order valence-corrected chi connectivity index (χ4v) is 2.97. The second-order valence-electron chi connectivity index (χ2n) is 6.98. The summed E-state index contributed by atoms with van der Waals surface area (Å²) in [6.07, 6.45) is -0.895. The van der Waals surface area contributed by atoms with Crippen molar-refractivity contribution in [1.29, 1.82) is 0 Å². The summed E-state index contributed by atoms with van der Waals surface area (Å²) < 4.78 is 10.7. The molecule has 6 heteroatoms. The summed E-state index contributed by atoms with van der Waals surface area (Å²) in [6.45, 7) is 8.64. The van der Waals surface area contributed by atoms with Crippen molar-refractivity contribution in [3.63, 3.8) is 0 Å². The van der Waals surface area contributed by atoms with Gasteiger partial charge in [-0.3, -0.25) is 4.79 Å². The van der Waals surface area contributed by atoms with Crippen molar-refractivity contribution < 1.29 is 19.1 Å². The third-order valence-corrected chi connectivity index (χ3v) is 4.91. The molecule has 0 spiro atoms. The molecule has 6 nitrogen and oxygen atoms in total. The number of amides is 1. The van der Waals surface area contributed by atoms with Gasteiger partial charge in [-0.25, -0.2) is 4.79 Å². The van der Waals surface area contributed by atoms with Gasteiger partial charge in [0.05, 0.1) is 18.8 Å². The van der Waals surface area contributed by atoms with E-state index in [2.05, 4.69) is 10.2 Å². The molecular formula is C22H26N2O4. The Bertz CT molecular complexity index is 842. The number of rotatable bonds is 5. The Balaban J connectivity index is 1.56. The number of carbonyl (C=O) groups excluding carboxylic acids is 2. The van der Waals surface area contributed by atoms with Crippen LogP contribution in [0, 0.1) is 13.8 Å². The van der Waals surface area contributed by atoms with Crippen LogP contribution in [-0.2, 0) is 14.3 Å². The molecule has 0 radical (unpaired) electrons. The van der Waals surface area contributed by atoms with Crippen LogP contribution in [0.5, 0.6) is 0 Å². The summed E-state index contributed by atoms with van der Waals surface area (Å²) in [5.41, 5.74) is 4.30. The van der Waals surface area contributed by atoms with Gasteiger partial charge in [0.15, 0.2) is 6.10 Å². The number of esters is 1. The zero-order chi connectivity index (χ0) is 20.1. The van der Waals surface area contributed by atoms with Gasteiger partial charge < -0.3 is 19.7 Å². The predicted molar refractivity (Wildman–Crippen MR) is 109 cm³/mol. The van der Waals surface area contributed by atoms with Crippen LogP contribution in [0.3, 0.4) is 0 Å². The highest BCUT2D eigenvalue weighted by Gasteiger charge is 2.19. The number of ether oxygens (including phenoxy) is 2. The summed E-state index contributed by atoms with van der Waals surface area (Å²) in [7, 11) is 0. The summed E-state index contributed by atoms with van der Waals surface area (Å²) in [4.78, 5) is 26.9. The van der Waals surface area contributed by atoms with Gasteiger partial charge in [0.2, 0.25) is 0 Å². The minimum absolute atomic E-state index is 0.365. The first-order valence-corrected chi connectivity index (χ1v) is 9.46. The van der Waals surface area contributed by atoms with Gasteiger partial charge in [-0.1, -0.05) is 6.07 Å². The van der Waals surface area contributed by atoms with Gasteiger partial charge in [-0.05, 0) is 68.3 Å². The summed E-state index contributed by atoms with van der Waals surface area (Å²) in [5.74, 6) is -0.871. The van der Waals surface area contributed by atoms with Crippen LogP contribution in [-0.4, -0.2) is 44.3 Å². The molecule has 1 aliphatic heterocycles. The molecule has 0 saturated carbocycles. The zero-order valence-corrected chi connectivity index (χ0v) is 16.5. The highest BCUT2D eigenvalue weighted by molar-refractivity contribution is 5.97. The van der Waals surface area contributed by atoms with Crippen LogP contribution >= 0.6 is 0 Å². The Morgan fingerprint density at radius 2 is 1.71 bits per heavy atom. The monoisotopic (exact) mass is 382 g/mol. The molecule has 0 unspecified atom stereocenters. The lowest BCUT2D eigenvalue weighted by Gasteiger charge is -2.28. The average Bonchev–Trinajstić information content (AvgIpc) is 2.71. The van der Waals surface area contributed by atoms with Gasteiger partial charge in [0.1, 0.15) is 0 Å². The van der Waals surface area contributed by atoms with Crippen molar-refractivity contribution in [1.82, 2.24) is 0 Å². The maximum absolute atomic E-state index is 12.4. The molecule has 0 aliphatic carbocycles. The molecular weight excluding hydrogens is 356 g/mol. The number of hydrogen-bond acceptors (Lipinski definition) is 5. The lowest BCUT2D eigenvalue weighted by atomic mass is 10.1. The zero-order valence-electron chi connectivity index (χ0n) is 16.5. The highest BCUT2D eigenvalue weighted by Crippen LogP contribution is 2.19. The second-order valence-corrected chi connectivity index (χ2v) is 6.98. The standard InChI is InChI=1S/C22H26N2O4/c1-15-4-5-18(14-16(15)2)22(26)28-17(3)21(25)23-19-6-8-20(9-7-19)24-10-12-27-13-11-24/h4-9,14,17H,10-13H2,1-3H3,(H,23,25)/t17-/m0/s1. The third-order valence-electron chi connectivity index (χ3n) is 4.91. The number of morpholine rings is 1. The fraction of sp³-hybridized carbons (Fsp3) is 0.364. The van der Waals surface area contributed by atoms with Gasteiger partial charge in [0, 0.05) is 24.5 Å². The van der Waals surface area contributed by atoms with Gasteiger partial charge in [0.25, 0.3) is 5.91 Å². The van der Waals surface area contributed by atoms with E-state index in [9.17, 15) is 9.59 Å². The van der Waals surface area contributed by atoms with Crippen LogP contribution in [0.1, 0.15) is 28.4 Å². The SMILES string of the molecule is Cc1ccc(C(=O)O[C@@H](C)C(=O)Nc2ccc(N3CCOCC3)cc2)cc1C. The lowest BCUT2D eigenvalue weighted by Crippen LogP contribution is -2.36. The fourth-order valence-electron chi connectivity index (χ4n) is 2.97. The quantitative estimate of drug-likeness (QED) is 0.804. The van der Waals surface area contributed by atoms with Crippen LogP contribution in [0.15, 0.2) is 42.5 Å². The Morgan fingerprint density at radius 1 is 1.04 bits per heavy atom. The summed E-state index contributed by atoms with van der Waals surface area (Å²) in [5, 5.41) is 2.79. The minimum Gasteiger partial charge on any atom is -0.449 e. The summed E-state index contributed by atoms with van der Waals surface area (Å²) >= 11 is 0. The molecule has 28 heavy (non-hydrogen) atoms. The molecule has 1 aliphatic rings. The van der Waals surface area contributed by atoms with Gasteiger partial charge >= 0.3 is 5.97 Å². The van der Waals surface area contributed by atoms with E-state index in [1.165, 1.54) is 0 Å². The maximum atomic E-state index is 12.4. The Hall–Kier alpha value is -2.86. The molecule has 1 heterocycles. The van der Waals surface area contributed by atoms with E-state index in [1.807, 2.05) is 44.2 Å². The van der Waals surface area contributed by atoms with Gasteiger partial charge in [-0.2, -0.15) is 0 Å². The largest absolute Gasteiger partial charge is 0.449 e. The van der Waals surface area contributed by atoms with Crippen LogP contribution in [0.4, 0.5) is 11.4 Å². The number of hydrogen-bond donors (Lipinski definition) is 1. The van der Waals surface area contributed by atoms with Crippen molar-refractivity contribution in [3.05, 3.63) is 59.2 Å². The number of anilines is 2. The van der Waals surface area contributed by atoms with E-state index < -0.39 is 12.1 Å². The molecule has 2 aromatic carbocycles. The molecule has 1 saturated heterocycles. The molecule has 1 atom stereocenters. The lowest BCUT2D eigenvalue weighted by molar-refractivity contribution is -0.123. The van der Waals surface area contributed by atoms with E-state index in [0.29, 0.717) is 11.3 Å². The van der Waals surface area contributed by atoms with E-state index in [0.717, 1.165) is 43.1 Å². The predicted octanol–water partition coefficient (Wildman–Crippen LogP) is 3.32. The molecule has 1 amide bonds. The molecule has 1 N–H and O–H groups in total. The topological polar surface area (TPSA) is 67.9 Å². The third kappa shape index (κ3) is 4.89. The average molecular weight is 382 g/mol. The van der Waals surface area contributed by atoms with Crippen LogP contribution in [0.2, 0.25) is 0 Å². The van der Waals surface area contributed by atoms with E-state index in [4.69, 9.17) is 9.47 Å². The smallest absolute Gasteiger partial charge is 0.338 e. The van der Waals surface area contributed by atoms with Gasteiger partial charge in [-0.15, -0.1) is 0 Å². The Kier molecular flexibility index (Phi) is 6.31. The number of benzene rings is 2. The molecule has 148 valence electrons. The molecule has 1 fully saturated rings. The number of carbonyl (C=O) groups is 2.